The highest BCUT2D eigenvalue weighted by Gasteiger charge is 2.15. The van der Waals surface area contributed by atoms with E-state index in [1.54, 1.807) is 0 Å². The minimum absolute atomic E-state index is 0.875. The van der Waals surface area contributed by atoms with E-state index < -0.39 is 0 Å². The van der Waals surface area contributed by atoms with Crippen LogP contribution < -0.4 is 5.32 Å². The van der Waals surface area contributed by atoms with Gasteiger partial charge in [0, 0.05) is 61.9 Å². The van der Waals surface area contributed by atoms with Crippen LogP contribution in [0.3, 0.4) is 0 Å². The monoisotopic (exact) mass is 347 g/mol. The number of nitrogens with one attached hydrogen (secondary N) is 1. The van der Waals surface area contributed by atoms with Gasteiger partial charge in [0.2, 0.25) is 0 Å². The van der Waals surface area contributed by atoms with E-state index in [9.17, 15) is 0 Å². The molecule has 4 rings (SSSR count). The van der Waals surface area contributed by atoms with E-state index in [0.717, 1.165) is 50.4 Å². The molecule has 3 aromatic rings. The summed E-state index contributed by atoms with van der Waals surface area (Å²) in [6.07, 6.45) is 7.04. The third-order valence-corrected chi connectivity index (χ3v) is 4.94. The van der Waals surface area contributed by atoms with Gasteiger partial charge in [-0.2, -0.15) is 5.10 Å². The predicted octanol–water partition coefficient (Wildman–Crippen LogP) is 3.44. The second-order valence-electron chi connectivity index (χ2n) is 6.75. The molecule has 0 radical (unpaired) electrons. The summed E-state index contributed by atoms with van der Waals surface area (Å²) in [5.41, 5.74) is 5.91. The van der Waals surface area contributed by atoms with Gasteiger partial charge in [-0.15, -0.1) is 0 Å². The maximum atomic E-state index is 4.68. The van der Waals surface area contributed by atoms with Gasteiger partial charge in [0.1, 0.15) is 0 Å². The van der Waals surface area contributed by atoms with Gasteiger partial charge < -0.3 is 5.32 Å². The molecule has 1 aromatic carbocycles. The highest BCUT2D eigenvalue weighted by Crippen LogP contribution is 2.25. The Morgan fingerprint density at radius 2 is 2.04 bits per heavy atom. The summed E-state index contributed by atoms with van der Waals surface area (Å²) in [5, 5.41) is 7.93. The maximum absolute atomic E-state index is 4.68. The summed E-state index contributed by atoms with van der Waals surface area (Å²) >= 11 is 0. The van der Waals surface area contributed by atoms with Crippen LogP contribution in [-0.2, 0) is 19.5 Å². The summed E-state index contributed by atoms with van der Waals surface area (Å²) in [6, 6.07) is 12.9. The number of nitrogens with zero attached hydrogens (tertiary/aromatic N) is 4. The predicted molar refractivity (Wildman–Crippen MR) is 105 cm³/mol. The first kappa shape index (κ1) is 16.8. The fourth-order valence-electron chi connectivity index (χ4n) is 3.39. The number of benzene rings is 1. The van der Waals surface area contributed by atoms with Crippen LogP contribution in [0.2, 0.25) is 0 Å². The molecule has 5 heteroatoms. The Hall–Kier alpha value is -2.66. The molecule has 0 aliphatic carbocycles. The van der Waals surface area contributed by atoms with Gasteiger partial charge in [-0.25, -0.2) is 0 Å². The molecule has 2 aromatic heterocycles. The largest absolute Gasteiger partial charge is 0.383 e. The van der Waals surface area contributed by atoms with Crippen molar-refractivity contribution < 1.29 is 0 Å². The van der Waals surface area contributed by atoms with Gasteiger partial charge in [-0.3, -0.25) is 14.6 Å². The minimum Gasteiger partial charge on any atom is -0.383 e. The smallest absolute Gasteiger partial charge is 0.0754 e. The molecule has 0 atom stereocenters. The molecular formula is C21H25N5. The zero-order valence-electron chi connectivity index (χ0n) is 15.2. The number of rotatable bonds is 5. The van der Waals surface area contributed by atoms with Crippen LogP contribution in [0.15, 0.2) is 55.0 Å². The lowest BCUT2D eigenvalue weighted by molar-refractivity contribution is 0.284. The number of fused-ring (bicyclic) bond motifs is 1. The van der Waals surface area contributed by atoms with Gasteiger partial charge in [0.25, 0.3) is 0 Å². The molecule has 0 saturated heterocycles. The van der Waals surface area contributed by atoms with E-state index in [4.69, 9.17) is 0 Å². The molecule has 26 heavy (non-hydrogen) atoms. The summed E-state index contributed by atoms with van der Waals surface area (Å²) < 4.78 is 1.93. The SMILES string of the molecule is CCn1cc(-c2cc3c(cn2)CN(CCc2ccccc2)CCN3)cn1. The van der Waals surface area contributed by atoms with Crippen molar-refractivity contribution in [2.24, 2.45) is 0 Å². The Labute approximate surface area is 154 Å². The highest BCUT2D eigenvalue weighted by molar-refractivity contribution is 5.65. The molecule has 5 nitrogen and oxygen atoms in total. The zero-order valence-corrected chi connectivity index (χ0v) is 15.2. The highest BCUT2D eigenvalue weighted by atomic mass is 15.3. The fraction of sp³-hybridized carbons (Fsp3) is 0.333. The van der Waals surface area contributed by atoms with E-state index in [1.807, 2.05) is 17.1 Å². The van der Waals surface area contributed by atoms with Gasteiger partial charge in [0.15, 0.2) is 0 Å². The number of aromatic nitrogens is 3. The van der Waals surface area contributed by atoms with Crippen LogP contribution in [-0.4, -0.2) is 39.3 Å². The van der Waals surface area contributed by atoms with E-state index in [-0.39, 0.29) is 0 Å². The molecule has 0 unspecified atom stereocenters. The first-order chi connectivity index (χ1) is 12.8. The number of hydrogen-bond acceptors (Lipinski definition) is 4. The number of hydrogen-bond donors (Lipinski definition) is 1. The summed E-state index contributed by atoms with van der Waals surface area (Å²) in [5.74, 6) is 0. The summed E-state index contributed by atoms with van der Waals surface area (Å²) in [7, 11) is 0. The molecule has 1 N–H and O–H groups in total. The third-order valence-electron chi connectivity index (χ3n) is 4.94. The molecule has 1 aliphatic heterocycles. The number of anilines is 1. The molecule has 0 fully saturated rings. The Balaban J connectivity index is 1.47. The Morgan fingerprint density at radius 1 is 1.15 bits per heavy atom. The normalized spacial score (nSPS) is 14.5. The van der Waals surface area contributed by atoms with Crippen LogP contribution in [0.5, 0.6) is 0 Å². The molecule has 0 saturated carbocycles. The molecule has 0 bridgehead atoms. The molecule has 0 spiro atoms. The quantitative estimate of drug-likeness (QED) is 0.768. The molecule has 0 amide bonds. The van der Waals surface area contributed by atoms with Crippen molar-refractivity contribution in [1.82, 2.24) is 19.7 Å². The average Bonchev–Trinajstić information content (AvgIpc) is 3.07. The Bertz CT molecular complexity index is 856. The van der Waals surface area contributed by atoms with Crippen molar-refractivity contribution in [1.29, 1.82) is 0 Å². The molecule has 3 heterocycles. The fourth-order valence-corrected chi connectivity index (χ4v) is 3.39. The summed E-state index contributed by atoms with van der Waals surface area (Å²) in [6.45, 7) is 6.98. The number of pyridine rings is 1. The Kier molecular flexibility index (Phi) is 4.97. The van der Waals surface area contributed by atoms with Gasteiger partial charge in [0.05, 0.1) is 11.9 Å². The molecule has 134 valence electrons. The second-order valence-corrected chi connectivity index (χ2v) is 6.75. The lowest BCUT2D eigenvalue weighted by atomic mass is 10.1. The van der Waals surface area contributed by atoms with E-state index in [2.05, 4.69) is 69.8 Å². The van der Waals surface area contributed by atoms with Crippen molar-refractivity contribution >= 4 is 5.69 Å². The number of aryl methyl sites for hydroxylation is 1. The topological polar surface area (TPSA) is 46.0 Å². The van der Waals surface area contributed by atoms with Crippen LogP contribution in [0.4, 0.5) is 5.69 Å². The second kappa shape index (κ2) is 7.70. The molecule has 1 aliphatic rings. The van der Waals surface area contributed by atoms with Crippen LogP contribution in [0.25, 0.3) is 11.3 Å². The van der Waals surface area contributed by atoms with E-state index in [0.29, 0.717) is 0 Å². The van der Waals surface area contributed by atoms with Crippen LogP contribution in [0.1, 0.15) is 18.1 Å². The zero-order chi connectivity index (χ0) is 17.8. The van der Waals surface area contributed by atoms with E-state index >= 15 is 0 Å². The van der Waals surface area contributed by atoms with Crippen molar-refractivity contribution in [3.63, 3.8) is 0 Å². The molecular weight excluding hydrogens is 322 g/mol. The van der Waals surface area contributed by atoms with Gasteiger partial charge >= 0.3 is 0 Å². The van der Waals surface area contributed by atoms with Crippen molar-refractivity contribution in [3.05, 3.63) is 66.1 Å². The van der Waals surface area contributed by atoms with Crippen molar-refractivity contribution in [3.8, 4) is 11.3 Å². The van der Waals surface area contributed by atoms with Gasteiger partial charge in [-0.1, -0.05) is 30.3 Å². The summed E-state index contributed by atoms with van der Waals surface area (Å²) in [4.78, 5) is 7.19. The lowest BCUT2D eigenvalue weighted by Gasteiger charge is -2.19. The first-order valence-electron chi connectivity index (χ1n) is 9.33. The van der Waals surface area contributed by atoms with Crippen molar-refractivity contribution in [2.75, 3.05) is 25.0 Å². The van der Waals surface area contributed by atoms with E-state index in [1.165, 1.54) is 16.8 Å². The standard InChI is InChI=1S/C21H25N5/c1-2-26-16-19(14-24-26)21-12-20-18(13-23-21)15-25(11-9-22-20)10-8-17-6-4-3-5-7-17/h3-7,12-14,16,22H,2,8-11,15H2,1H3. The third kappa shape index (κ3) is 3.78. The van der Waals surface area contributed by atoms with Crippen LogP contribution >= 0.6 is 0 Å². The van der Waals surface area contributed by atoms with Gasteiger partial charge in [-0.05, 0) is 25.0 Å². The first-order valence-corrected chi connectivity index (χ1v) is 9.33. The average molecular weight is 347 g/mol. The van der Waals surface area contributed by atoms with Crippen LogP contribution in [0, 0.1) is 0 Å². The lowest BCUT2D eigenvalue weighted by Crippen LogP contribution is -2.28. The van der Waals surface area contributed by atoms with Crippen molar-refractivity contribution in [2.45, 2.75) is 26.4 Å². The Morgan fingerprint density at radius 3 is 2.85 bits per heavy atom. The minimum atomic E-state index is 0.875. The maximum Gasteiger partial charge on any atom is 0.0754 e.